The van der Waals surface area contributed by atoms with Crippen LogP contribution in [-0.2, 0) is 20.9 Å². The molecule has 106 valence electrons. The number of esters is 1. The Balaban J connectivity index is 1.99. The van der Waals surface area contributed by atoms with Crippen molar-refractivity contribution in [1.29, 1.82) is 0 Å². The fourth-order valence-electron chi connectivity index (χ4n) is 2.50. The molecule has 20 heavy (non-hydrogen) atoms. The highest BCUT2D eigenvalue weighted by Crippen LogP contribution is 2.23. The van der Waals surface area contributed by atoms with Gasteiger partial charge in [-0.3, -0.25) is 9.69 Å². The van der Waals surface area contributed by atoms with Gasteiger partial charge in [0.25, 0.3) is 0 Å². The maximum atomic E-state index is 11.8. The van der Waals surface area contributed by atoms with Gasteiger partial charge in [-0.15, -0.1) is 0 Å². The van der Waals surface area contributed by atoms with E-state index in [0.29, 0.717) is 25.1 Å². The molecule has 0 radical (unpaired) electrons. The standard InChI is InChI=1S/C16H19NO3/c1-2-20-16(19)15-8-9-17(11-14(15)12-18)10-13-6-4-3-5-7-13/h3-7,15H,2,8-11H2,1H3. The molecule has 0 spiro atoms. The predicted molar refractivity (Wildman–Crippen MR) is 75.7 cm³/mol. The quantitative estimate of drug-likeness (QED) is 0.620. The van der Waals surface area contributed by atoms with Crippen molar-refractivity contribution >= 4 is 11.9 Å². The molecular formula is C16H19NO3. The molecule has 1 aliphatic rings. The number of likely N-dealkylation sites (tertiary alicyclic amines) is 1. The predicted octanol–water partition coefficient (Wildman–Crippen LogP) is 1.83. The van der Waals surface area contributed by atoms with Gasteiger partial charge in [0, 0.05) is 25.2 Å². The minimum atomic E-state index is -0.417. The average Bonchev–Trinajstić information content (AvgIpc) is 2.48. The highest BCUT2D eigenvalue weighted by Gasteiger charge is 2.31. The number of carbonyl (C=O) groups excluding carboxylic acids is 2. The Morgan fingerprint density at radius 3 is 2.80 bits per heavy atom. The number of benzene rings is 1. The Labute approximate surface area is 119 Å². The van der Waals surface area contributed by atoms with E-state index >= 15 is 0 Å². The van der Waals surface area contributed by atoms with Gasteiger partial charge in [0.15, 0.2) is 0 Å². The molecule has 4 heteroatoms. The van der Waals surface area contributed by atoms with Crippen LogP contribution in [0.15, 0.2) is 35.9 Å². The van der Waals surface area contributed by atoms with E-state index in [1.165, 1.54) is 5.56 Å². The van der Waals surface area contributed by atoms with Crippen LogP contribution in [0.25, 0.3) is 0 Å². The Morgan fingerprint density at radius 2 is 2.15 bits per heavy atom. The van der Waals surface area contributed by atoms with Gasteiger partial charge in [-0.05, 0) is 18.9 Å². The molecule has 4 nitrogen and oxygen atoms in total. The lowest BCUT2D eigenvalue weighted by Gasteiger charge is -2.31. The number of piperidine rings is 1. The van der Waals surface area contributed by atoms with Crippen molar-refractivity contribution in [2.45, 2.75) is 19.9 Å². The molecule has 1 aromatic rings. The van der Waals surface area contributed by atoms with Gasteiger partial charge < -0.3 is 4.74 Å². The molecule has 0 amide bonds. The minimum Gasteiger partial charge on any atom is -0.466 e. The molecule has 2 rings (SSSR count). The molecule has 1 saturated heterocycles. The molecule has 1 unspecified atom stereocenters. The third kappa shape index (κ3) is 3.56. The summed E-state index contributed by atoms with van der Waals surface area (Å²) in [5, 5.41) is 0. The van der Waals surface area contributed by atoms with Crippen molar-refractivity contribution in [3.8, 4) is 0 Å². The summed E-state index contributed by atoms with van der Waals surface area (Å²) in [5.41, 5.74) is 1.71. The topological polar surface area (TPSA) is 46.6 Å². The zero-order chi connectivity index (χ0) is 14.4. The Morgan fingerprint density at radius 1 is 1.40 bits per heavy atom. The van der Waals surface area contributed by atoms with Crippen molar-refractivity contribution in [2.75, 3.05) is 19.7 Å². The van der Waals surface area contributed by atoms with Crippen molar-refractivity contribution in [3.63, 3.8) is 0 Å². The molecule has 1 aliphatic heterocycles. The fourth-order valence-corrected chi connectivity index (χ4v) is 2.50. The number of hydrogen-bond donors (Lipinski definition) is 0. The fraction of sp³-hybridized carbons (Fsp3) is 0.438. The highest BCUT2D eigenvalue weighted by molar-refractivity contribution is 5.79. The van der Waals surface area contributed by atoms with Gasteiger partial charge >= 0.3 is 5.97 Å². The second-order valence-corrected chi connectivity index (χ2v) is 4.92. The Hall–Kier alpha value is -1.90. The van der Waals surface area contributed by atoms with E-state index in [1.807, 2.05) is 24.1 Å². The van der Waals surface area contributed by atoms with E-state index in [-0.39, 0.29) is 5.97 Å². The van der Waals surface area contributed by atoms with Crippen molar-refractivity contribution in [2.24, 2.45) is 5.92 Å². The van der Waals surface area contributed by atoms with E-state index in [0.717, 1.165) is 13.1 Å². The summed E-state index contributed by atoms with van der Waals surface area (Å²) in [6, 6.07) is 10.1. The first-order valence-corrected chi connectivity index (χ1v) is 6.91. The summed E-state index contributed by atoms with van der Waals surface area (Å²) in [4.78, 5) is 25.0. The number of rotatable bonds is 4. The Bertz CT molecular complexity index is 506. The van der Waals surface area contributed by atoms with Gasteiger partial charge in [0.1, 0.15) is 5.94 Å². The van der Waals surface area contributed by atoms with Gasteiger partial charge in [-0.2, -0.15) is 0 Å². The second kappa shape index (κ2) is 7.04. The first kappa shape index (κ1) is 14.5. The summed E-state index contributed by atoms with van der Waals surface area (Å²) < 4.78 is 5.01. The molecular weight excluding hydrogens is 254 g/mol. The monoisotopic (exact) mass is 273 g/mol. The zero-order valence-corrected chi connectivity index (χ0v) is 11.7. The maximum absolute atomic E-state index is 11.8. The summed E-state index contributed by atoms with van der Waals surface area (Å²) in [6.45, 7) is 4.16. The van der Waals surface area contributed by atoms with E-state index in [4.69, 9.17) is 4.74 Å². The number of carbonyl (C=O) groups is 1. The van der Waals surface area contributed by atoms with Gasteiger partial charge in [-0.25, -0.2) is 4.79 Å². The molecule has 0 N–H and O–H groups in total. The van der Waals surface area contributed by atoms with Crippen LogP contribution in [0, 0.1) is 5.92 Å². The summed E-state index contributed by atoms with van der Waals surface area (Å²) >= 11 is 0. The van der Waals surface area contributed by atoms with Gasteiger partial charge in [-0.1, -0.05) is 30.3 Å². The molecule has 1 fully saturated rings. The molecule has 0 bridgehead atoms. The normalized spacial score (nSPS) is 19.4. The smallest absolute Gasteiger partial charge is 0.313 e. The van der Waals surface area contributed by atoms with Crippen LogP contribution in [0.1, 0.15) is 18.9 Å². The van der Waals surface area contributed by atoms with E-state index in [2.05, 4.69) is 17.0 Å². The lowest BCUT2D eigenvalue weighted by molar-refractivity contribution is -0.147. The zero-order valence-electron chi connectivity index (χ0n) is 11.7. The third-order valence-corrected chi connectivity index (χ3v) is 3.50. The van der Waals surface area contributed by atoms with Crippen molar-refractivity contribution in [3.05, 3.63) is 41.5 Å². The lowest BCUT2D eigenvalue weighted by atomic mass is 9.92. The van der Waals surface area contributed by atoms with Crippen LogP contribution in [0.5, 0.6) is 0 Å². The number of hydrogen-bond acceptors (Lipinski definition) is 4. The van der Waals surface area contributed by atoms with Crippen molar-refractivity contribution < 1.29 is 14.3 Å². The van der Waals surface area contributed by atoms with Crippen LogP contribution in [0.3, 0.4) is 0 Å². The summed E-state index contributed by atoms with van der Waals surface area (Å²) in [5.74, 6) is 1.22. The molecule has 1 atom stereocenters. The summed E-state index contributed by atoms with van der Waals surface area (Å²) in [7, 11) is 0. The number of ether oxygens (including phenoxy) is 1. The lowest BCUT2D eigenvalue weighted by Crippen LogP contribution is -2.38. The molecule has 1 aromatic carbocycles. The van der Waals surface area contributed by atoms with Crippen LogP contribution < -0.4 is 0 Å². The first-order valence-electron chi connectivity index (χ1n) is 6.91. The Kier molecular flexibility index (Phi) is 5.10. The third-order valence-electron chi connectivity index (χ3n) is 3.50. The first-order chi connectivity index (χ1) is 9.74. The molecule has 0 aliphatic carbocycles. The van der Waals surface area contributed by atoms with Crippen LogP contribution in [-0.4, -0.2) is 36.5 Å². The maximum Gasteiger partial charge on any atom is 0.313 e. The summed E-state index contributed by atoms with van der Waals surface area (Å²) in [6.07, 6.45) is 0.621. The minimum absolute atomic E-state index is 0.301. The highest BCUT2D eigenvalue weighted by atomic mass is 16.5. The van der Waals surface area contributed by atoms with Crippen LogP contribution in [0.2, 0.25) is 0 Å². The van der Waals surface area contributed by atoms with E-state index in [1.54, 1.807) is 6.92 Å². The van der Waals surface area contributed by atoms with Gasteiger partial charge in [0.05, 0.1) is 12.5 Å². The van der Waals surface area contributed by atoms with E-state index in [9.17, 15) is 9.59 Å². The molecule has 1 heterocycles. The van der Waals surface area contributed by atoms with Crippen LogP contribution >= 0.6 is 0 Å². The van der Waals surface area contributed by atoms with Crippen molar-refractivity contribution in [1.82, 2.24) is 4.90 Å². The second-order valence-electron chi connectivity index (χ2n) is 4.92. The number of nitrogens with zero attached hydrogens (tertiary/aromatic N) is 1. The molecule has 0 saturated carbocycles. The van der Waals surface area contributed by atoms with E-state index < -0.39 is 5.92 Å². The molecule has 0 aromatic heterocycles. The average molecular weight is 273 g/mol. The van der Waals surface area contributed by atoms with Gasteiger partial charge in [0.2, 0.25) is 0 Å². The largest absolute Gasteiger partial charge is 0.466 e. The SMILES string of the molecule is CCOC(=O)C1CCN(Cc2ccccc2)CC1=C=O. The van der Waals surface area contributed by atoms with Crippen LogP contribution in [0.4, 0.5) is 0 Å².